The fraction of sp³-hybridized carbons (Fsp3) is 0.333. The molecule has 2 aliphatic rings. The first kappa shape index (κ1) is 15.9. The van der Waals surface area contributed by atoms with Gasteiger partial charge in [0.2, 0.25) is 5.91 Å². The van der Waals surface area contributed by atoms with Gasteiger partial charge in [0.25, 0.3) is 5.91 Å². The largest absolute Gasteiger partial charge is 0.338 e. The molecule has 0 unspecified atom stereocenters. The van der Waals surface area contributed by atoms with E-state index < -0.39 is 0 Å². The molecule has 2 heterocycles. The fourth-order valence-corrected chi connectivity index (χ4v) is 4.13. The molecular weight excluding hydrogens is 312 g/mol. The van der Waals surface area contributed by atoms with E-state index in [4.69, 9.17) is 0 Å². The van der Waals surface area contributed by atoms with Crippen molar-refractivity contribution in [3.8, 4) is 0 Å². The van der Waals surface area contributed by atoms with Crippen LogP contribution in [-0.4, -0.2) is 36.3 Å². The summed E-state index contributed by atoms with van der Waals surface area (Å²) in [5.74, 6) is 0.238. The average molecular weight is 334 g/mol. The molecule has 4 nitrogen and oxygen atoms in total. The number of anilines is 1. The highest BCUT2D eigenvalue weighted by atomic mass is 16.2. The maximum absolute atomic E-state index is 12.7. The van der Waals surface area contributed by atoms with Crippen LogP contribution in [0.15, 0.2) is 54.6 Å². The molecule has 2 amide bonds. The molecule has 4 rings (SSSR count). The van der Waals surface area contributed by atoms with Gasteiger partial charge >= 0.3 is 0 Å². The third-order valence-corrected chi connectivity index (χ3v) is 5.47. The van der Waals surface area contributed by atoms with E-state index in [2.05, 4.69) is 0 Å². The quantitative estimate of drug-likeness (QED) is 0.846. The summed E-state index contributed by atoms with van der Waals surface area (Å²) >= 11 is 0. The molecule has 0 N–H and O–H groups in total. The second-order valence-electron chi connectivity index (χ2n) is 7.29. The maximum Gasteiger partial charge on any atom is 0.253 e. The van der Waals surface area contributed by atoms with Crippen molar-refractivity contribution < 1.29 is 9.59 Å². The molecule has 0 radical (unpaired) electrons. The van der Waals surface area contributed by atoms with E-state index in [1.807, 2.05) is 71.3 Å². The maximum atomic E-state index is 12.7. The Bertz CT molecular complexity index is 818. The van der Waals surface area contributed by atoms with Crippen LogP contribution in [0, 0.1) is 12.3 Å². The number of benzene rings is 2. The predicted octanol–water partition coefficient (Wildman–Crippen LogP) is 3.26. The summed E-state index contributed by atoms with van der Waals surface area (Å²) in [6.07, 6.45) is 1.42. The molecule has 0 aromatic heterocycles. The highest BCUT2D eigenvalue weighted by Gasteiger charge is 2.49. The van der Waals surface area contributed by atoms with Gasteiger partial charge in [-0.25, -0.2) is 0 Å². The number of likely N-dealkylation sites (tertiary alicyclic amines) is 1. The Morgan fingerprint density at radius 1 is 1.00 bits per heavy atom. The molecular formula is C21H22N2O2. The lowest BCUT2D eigenvalue weighted by Crippen LogP contribution is -2.34. The van der Waals surface area contributed by atoms with E-state index >= 15 is 0 Å². The zero-order valence-electron chi connectivity index (χ0n) is 14.4. The summed E-state index contributed by atoms with van der Waals surface area (Å²) in [5.41, 5.74) is 2.73. The predicted molar refractivity (Wildman–Crippen MR) is 97.5 cm³/mol. The molecule has 1 atom stereocenters. The molecule has 2 aromatic rings. The average Bonchev–Trinajstić information content (AvgIpc) is 3.18. The second kappa shape index (κ2) is 6.03. The smallest absolute Gasteiger partial charge is 0.253 e. The van der Waals surface area contributed by atoms with E-state index in [-0.39, 0.29) is 17.2 Å². The zero-order chi connectivity index (χ0) is 17.4. The number of nitrogens with zero attached hydrogens (tertiary/aromatic N) is 2. The number of carbonyl (C=O) groups excluding carboxylic acids is 2. The van der Waals surface area contributed by atoms with E-state index in [1.165, 1.54) is 0 Å². The Hall–Kier alpha value is -2.62. The summed E-state index contributed by atoms with van der Waals surface area (Å²) in [5, 5.41) is 0. The Balaban J connectivity index is 1.52. The number of hydrogen-bond acceptors (Lipinski definition) is 2. The molecule has 0 bridgehead atoms. The number of para-hydroxylation sites is 1. The van der Waals surface area contributed by atoms with Gasteiger partial charge in [-0.2, -0.15) is 0 Å². The summed E-state index contributed by atoms with van der Waals surface area (Å²) in [6, 6.07) is 17.4. The molecule has 0 saturated carbocycles. The Morgan fingerprint density at radius 3 is 2.48 bits per heavy atom. The first-order valence-corrected chi connectivity index (χ1v) is 8.78. The minimum absolute atomic E-state index is 0.0688. The van der Waals surface area contributed by atoms with E-state index in [1.54, 1.807) is 0 Å². The van der Waals surface area contributed by atoms with Gasteiger partial charge in [-0.05, 0) is 37.1 Å². The van der Waals surface area contributed by atoms with E-state index in [0.717, 1.165) is 29.8 Å². The van der Waals surface area contributed by atoms with Crippen LogP contribution in [0.5, 0.6) is 0 Å². The normalized spacial score (nSPS) is 22.8. The van der Waals surface area contributed by atoms with Gasteiger partial charge in [-0.1, -0.05) is 36.4 Å². The molecule has 25 heavy (non-hydrogen) atoms. The third kappa shape index (κ3) is 2.82. The number of rotatable bonds is 2. The summed E-state index contributed by atoms with van der Waals surface area (Å²) in [4.78, 5) is 29.2. The minimum atomic E-state index is -0.107. The lowest BCUT2D eigenvalue weighted by atomic mass is 9.86. The van der Waals surface area contributed by atoms with Crippen molar-refractivity contribution in [2.24, 2.45) is 5.41 Å². The molecule has 128 valence electrons. The van der Waals surface area contributed by atoms with Gasteiger partial charge in [0.15, 0.2) is 0 Å². The van der Waals surface area contributed by atoms with Crippen LogP contribution < -0.4 is 4.90 Å². The molecule has 4 heteroatoms. The van der Waals surface area contributed by atoms with Gasteiger partial charge in [0.1, 0.15) is 0 Å². The molecule has 2 aromatic carbocycles. The van der Waals surface area contributed by atoms with Crippen LogP contribution in [0.25, 0.3) is 0 Å². The lowest BCUT2D eigenvalue weighted by molar-refractivity contribution is -0.117. The van der Waals surface area contributed by atoms with Crippen molar-refractivity contribution in [3.05, 3.63) is 65.7 Å². The monoisotopic (exact) mass is 334 g/mol. The van der Waals surface area contributed by atoms with Crippen LogP contribution >= 0.6 is 0 Å². The summed E-state index contributed by atoms with van der Waals surface area (Å²) in [6.45, 7) is 4.13. The summed E-state index contributed by atoms with van der Waals surface area (Å²) < 4.78 is 0. The molecule has 2 fully saturated rings. The third-order valence-electron chi connectivity index (χ3n) is 5.47. The number of hydrogen-bond donors (Lipinski definition) is 0. The van der Waals surface area contributed by atoms with Crippen molar-refractivity contribution in [2.45, 2.75) is 19.8 Å². The number of aryl methyl sites for hydroxylation is 1. The molecule has 1 spiro atoms. The standard InChI is InChI=1S/C21H22N2O2/c1-16-7-5-6-10-18(16)23-15-21(13-19(23)24)11-12-22(14-21)20(25)17-8-3-2-4-9-17/h2-10H,11-15H2,1H3/t21-/m0/s1. The van der Waals surface area contributed by atoms with Crippen molar-refractivity contribution in [3.63, 3.8) is 0 Å². The minimum Gasteiger partial charge on any atom is -0.338 e. The van der Waals surface area contributed by atoms with Gasteiger partial charge in [0, 0.05) is 42.7 Å². The van der Waals surface area contributed by atoms with Gasteiger partial charge in [0.05, 0.1) is 0 Å². The highest BCUT2D eigenvalue weighted by Crippen LogP contribution is 2.42. The topological polar surface area (TPSA) is 40.6 Å². The van der Waals surface area contributed by atoms with E-state index in [0.29, 0.717) is 19.5 Å². The van der Waals surface area contributed by atoms with Crippen molar-refractivity contribution >= 4 is 17.5 Å². The van der Waals surface area contributed by atoms with Crippen LogP contribution in [0.4, 0.5) is 5.69 Å². The molecule has 2 aliphatic heterocycles. The first-order valence-electron chi connectivity index (χ1n) is 8.78. The van der Waals surface area contributed by atoms with Gasteiger partial charge < -0.3 is 9.80 Å². The SMILES string of the molecule is Cc1ccccc1N1C[C@@]2(CCN(C(=O)c3ccccc3)C2)CC1=O. The molecule has 2 saturated heterocycles. The van der Waals surface area contributed by atoms with Crippen LogP contribution in [0.3, 0.4) is 0 Å². The Morgan fingerprint density at radius 2 is 1.72 bits per heavy atom. The zero-order valence-corrected chi connectivity index (χ0v) is 14.4. The van der Waals surface area contributed by atoms with Crippen LogP contribution in [-0.2, 0) is 4.79 Å². The fourth-order valence-electron chi connectivity index (χ4n) is 4.13. The highest BCUT2D eigenvalue weighted by molar-refractivity contribution is 5.98. The number of carbonyl (C=O) groups is 2. The first-order chi connectivity index (χ1) is 12.1. The Kier molecular flexibility index (Phi) is 3.83. The van der Waals surface area contributed by atoms with Crippen molar-refractivity contribution in [1.82, 2.24) is 4.90 Å². The van der Waals surface area contributed by atoms with Crippen molar-refractivity contribution in [1.29, 1.82) is 0 Å². The lowest BCUT2D eigenvalue weighted by Gasteiger charge is -2.25. The van der Waals surface area contributed by atoms with E-state index in [9.17, 15) is 9.59 Å². The van der Waals surface area contributed by atoms with Gasteiger partial charge in [-0.15, -0.1) is 0 Å². The van der Waals surface area contributed by atoms with Gasteiger partial charge in [-0.3, -0.25) is 9.59 Å². The summed E-state index contributed by atoms with van der Waals surface area (Å²) in [7, 11) is 0. The van der Waals surface area contributed by atoms with Crippen molar-refractivity contribution in [2.75, 3.05) is 24.5 Å². The Labute approximate surface area is 148 Å². The van der Waals surface area contributed by atoms with Crippen LogP contribution in [0.1, 0.15) is 28.8 Å². The second-order valence-corrected chi connectivity index (χ2v) is 7.29. The number of amides is 2. The molecule has 0 aliphatic carbocycles. The van der Waals surface area contributed by atoms with Crippen LogP contribution in [0.2, 0.25) is 0 Å².